The molecule has 14 heteroatoms. The molecule has 39 heavy (non-hydrogen) atoms. The summed E-state index contributed by atoms with van der Waals surface area (Å²) >= 11 is 15.8. The van der Waals surface area contributed by atoms with E-state index in [1.165, 1.54) is 34.5 Å². The second kappa shape index (κ2) is 52.2. The molecular formula is C25H44BCl3N2O8. The fourth-order valence-corrected chi connectivity index (χ4v) is 1.47. The Morgan fingerprint density at radius 2 is 1.00 bits per heavy atom. The molecule has 0 rings (SSSR count). The number of hydrogen-bond donors (Lipinski definition) is 2. The third-order valence-corrected chi connectivity index (χ3v) is 3.40. The minimum atomic E-state index is -0.380. The van der Waals surface area contributed by atoms with Gasteiger partial charge in [0.25, 0.3) is 0 Å². The van der Waals surface area contributed by atoms with Crippen LogP contribution in [0.3, 0.4) is 0 Å². The van der Waals surface area contributed by atoms with Gasteiger partial charge in [0.1, 0.15) is 0 Å². The quantitative estimate of drug-likeness (QED) is 0.115. The summed E-state index contributed by atoms with van der Waals surface area (Å²) in [6.45, 7) is 3.79. The topological polar surface area (TPSA) is 157 Å². The number of allylic oxidation sites excluding steroid dienone is 3. The van der Waals surface area contributed by atoms with E-state index >= 15 is 0 Å². The molecule has 0 aromatic carbocycles. The fraction of sp³-hybridized carbons (Fsp3) is 0.520. The predicted molar refractivity (Wildman–Crippen MR) is 161 cm³/mol. The van der Waals surface area contributed by atoms with Gasteiger partial charge < -0.3 is 30.4 Å². The molecule has 0 saturated heterocycles. The molecule has 0 aliphatic rings. The van der Waals surface area contributed by atoms with Crippen LogP contribution in [0.15, 0.2) is 49.1 Å². The Balaban J connectivity index is -0.0000000889. The van der Waals surface area contributed by atoms with Crippen LogP contribution in [0.25, 0.3) is 0 Å². The highest BCUT2D eigenvalue weighted by Crippen LogP contribution is 1.87. The number of nitrogens with two attached hydrogens (primary N) is 2. The van der Waals surface area contributed by atoms with Crippen molar-refractivity contribution in [3.63, 3.8) is 0 Å². The first kappa shape index (κ1) is 46.5. The summed E-state index contributed by atoms with van der Waals surface area (Å²) in [6.07, 6.45) is 12.8. The summed E-state index contributed by atoms with van der Waals surface area (Å²) in [5.74, 6) is 0.470. The maximum atomic E-state index is 10.4. The van der Waals surface area contributed by atoms with E-state index in [0.29, 0.717) is 43.4 Å². The number of esters is 4. The Hall–Kier alpha value is -2.31. The van der Waals surface area contributed by atoms with Crippen LogP contribution in [0.2, 0.25) is 6.80 Å². The van der Waals surface area contributed by atoms with Gasteiger partial charge in [0.05, 0.1) is 62.1 Å². The molecule has 0 aliphatic carbocycles. The van der Waals surface area contributed by atoms with Crippen molar-refractivity contribution in [1.29, 1.82) is 0 Å². The normalized spacial score (nSPS) is 9.21. The SMILES string of the molecule is C=CCC(=O)OC.COC(=O)CC=CCCl.COC(=O)CC=CCN.COC(=O)CN.ClCC=CCCl.[2H]C[B]. The van der Waals surface area contributed by atoms with Crippen molar-refractivity contribution in [2.75, 3.05) is 59.2 Å². The van der Waals surface area contributed by atoms with Crippen LogP contribution in [0.4, 0.5) is 0 Å². The predicted octanol–water partition coefficient (Wildman–Crippen LogP) is 3.49. The van der Waals surface area contributed by atoms with Crippen LogP contribution in [0.5, 0.6) is 0 Å². The van der Waals surface area contributed by atoms with Gasteiger partial charge in [-0.15, -0.1) is 41.4 Å². The Morgan fingerprint density at radius 3 is 1.21 bits per heavy atom. The minimum absolute atomic E-state index is 0. The molecule has 0 aliphatic heterocycles. The molecule has 0 saturated carbocycles. The van der Waals surface area contributed by atoms with Crippen molar-refractivity contribution in [2.24, 2.45) is 11.5 Å². The summed E-state index contributed by atoms with van der Waals surface area (Å²) in [5.41, 5.74) is 9.93. The van der Waals surface area contributed by atoms with E-state index < -0.39 is 0 Å². The third-order valence-electron chi connectivity index (χ3n) is 2.86. The fourth-order valence-electron chi connectivity index (χ4n) is 1.10. The Bertz CT molecular complexity index is 632. The zero-order chi connectivity index (χ0) is 32.5. The van der Waals surface area contributed by atoms with Gasteiger partial charge in [-0.05, 0) is 0 Å². The standard InChI is InChI=1S/C6H9ClO2.C6H11NO2.C5H8O2.C4H6Cl2.C3H7NO2.CH3B/c2*1-9-6(8)4-2-3-5-7;1-3-4-5(6)7-2;5-3-1-2-4-6;1-6-3(5)2-4;1-2/h2-3H,4-5H2,1H3;2-3H,4-5,7H2,1H3;3H,1,4H2,2H3;1-2H,3-4H2;2,4H2,1H3;1H3/i;;;;;1D. The minimum Gasteiger partial charge on any atom is -0.469 e. The summed E-state index contributed by atoms with van der Waals surface area (Å²) in [6, 6.07) is 0. The lowest BCUT2D eigenvalue weighted by Crippen LogP contribution is -2.14. The van der Waals surface area contributed by atoms with E-state index in [-0.39, 0.29) is 37.2 Å². The van der Waals surface area contributed by atoms with Crippen LogP contribution in [-0.4, -0.2) is 90.9 Å². The van der Waals surface area contributed by atoms with Gasteiger partial charge in [0.15, 0.2) is 0 Å². The molecular weight excluding hydrogens is 573 g/mol. The van der Waals surface area contributed by atoms with Crippen LogP contribution >= 0.6 is 34.8 Å². The second-order valence-electron chi connectivity index (χ2n) is 5.52. The number of carbonyl (C=O) groups excluding carboxylic acids is 4. The smallest absolute Gasteiger partial charge is 0.319 e. The van der Waals surface area contributed by atoms with Crippen LogP contribution in [-0.2, 0) is 38.1 Å². The number of hydrogen-bond acceptors (Lipinski definition) is 10. The molecule has 10 nitrogen and oxygen atoms in total. The van der Waals surface area contributed by atoms with Crippen molar-refractivity contribution < 1.29 is 39.5 Å². The van der Waals surface area contributed by atoms with E-state index in [1.807, 2.05) is 12.2 Å². The number of ether oxygens (including phenoxy) is 4. The van der Waals surface area contributed by atoms with Gasteiger partial charge in [0.2, 0.25) is 0 Å². The first-order valence-corrected chi connectivity index (χ1v) is 12.6. The van der Waals surface area contributed by atoms with Crippen molar-refractivity contribution in [1.82, 2.24) is 0 Å². The molecule has 0 spiro atoms. The zero-order valence-corrected chi connectivity index (χ0v) is 25.5. The molecule has 4 N–H and O–H groups in total. The Labute approximate surface area is 251 Å². The first-order chi connectivity index (χ1) is 19.1. The number of methoxy groups -OCH3 is 4. The van der Waals surface area contributed by atoms with Crippen LogP contribution in [0.1, 0.15) is 20.6 Å². The van der Waals surface area contributed by atoms with Crippen LogP contribution < -0.4 is 11.5 Å². The molecule has 0 bridgehead atoms. The van der Waals surface area contributed by atoms with Gasteiger partial charge in [-0.3, -0.25) is 19.2 Å². The number of carbonyl (C=O) groups is 4. The number of halogens is 3. The summed E-state index contributed by atoms with van der Waals surface area (Å²) in [4.78, 5) is 40.7. The van der Waals surface area contributed by atoms with Crippen molar-refractivity contribution >= 4 is 66.5 Å². The summed E-state index contributed by atoms with van der Waals surface area (Å²) < 4.78 is 23.1. The maximum Gasteiger partial charge on any atom is 0.319 e. The second-order valence-corrected chi connectivity index (χ2v) is 6.45. The lowest BCUT2D eigenvalue weighted by molar-refractivity contribution is -0.140. The molecule has 0 aromatic heterocycles. The first-order valence-electron chi connectivity index (χ1n) is 11.7. The van der Waals surface area contributed by atoms with Gasteiger partial charge in [-0.1, -0.05) is 49.3 Å². The number of alkyl halides is 3. The molecule has 0 heterocycles. The van der Waals surface area contributed by atoms with E-state index in [9.17, 15) is 19.2 Å². The monoisotopic (exact) mass is 617 g/mol. The molecule has 0 amide bonds. The van der Waals surface area contributed by atoms with Gasteiger partial charge in [-0.2, -0.15) is 0 Å². The van der Waals surface area contributed by atoms with Crippen LogP contribution in [0, 0.1) is 0 Å². The average molecular weight is 619 g/mol. The van der Waals surface area contributed by atoms with E-state index in [1.54, 1.807) is 24.3 Å². The average Bonchev–Trinajstić information content (AvgIpc) is 2.97. The lowest BCUT2D eigenvalue weighted by atomic mass is 10.2. The molecule has 0 unspecified atom stereocenters. The van der Waals surface area contributed by atoms with Gasteiger partial charge >= 0.3 is 23.9 Å². The highest BCUT2D eigenvalue weighted by Gasteiger charge is 1.92. The third kappa shape index (κ3) is 72.2. The maximum absolute atomic E-state index is 10.4. The Kier molecular flexibility index (Phi) is 62.3. The molecule has 2 radical (unpaired) electrons. The largest absolute Gasteiger partial charge is 0.469 e. The summed E-state index contributed by atoms with van der Waals surface area (Å²) in [5, 5.41) is 0. The summed E-state index contributed by atoms with van der Waals surface area (Å²) in [7, 11) is 9.89. The van der Waals surface area contributed by atoms with Gasteiger partial charge in [0, 0.05) is 25.6 Å². The van der Waals surface area contributed by atoms with Crippen molar-refractivity contribution in [3.8, 4) is 0 Å². The highest BCUT2D eigenvalue weighted by molar-refractivity contribution is 6.20. The van der Waals surface area contributed by atoms with Crippen molar-refractivity contribution in [3.05, 3.63) is 49.1 Å². The van der Waals surface area contributed by atoms with E-state index in [0.717, 1.165) is 0 Å². The van der Waals surface area contributed by atoms with Gasteiger partial charge in [-0.25, -0.2) is 0 Å². The van der Waals surface area contributed by atoms with E-state index in [2.05, 4.69) is 33.4 Å². The lowest BCUT2D eigenvalue weighted by Gasteiger charge is -1.90. The number of rotatable bonds is 11. The van der Waals surface area contributed by atoms with E-state index in [4.69, 9.17) is 47.6 Å². The zero-order valence-electron chi connectivity index (χ0n) is 24.2. The molecule has 0 atom stereocenters. The molecule has 226 valence electrons. The molecule has 0 aromatic rings. The van der Waals surface area contributed by atoms with Crippen molar-refractivity contribution in [2.45, 2.75) is 26.1 Å². The highest BCUT2D eigenvalue weighted by atomic mass is 35.5. The molecule has 0 fully saturated rings. The Morgan fingerprint density at radius 1 is 0.692 bits per heavy atom.